The first-order valence-electron chi connectivity index (χ1n) is 7.33. The molecule has 0 spiro atoms. The van der Waals surface area contributed by atoms with Gasteiger partial charge in [-0.3, -0.25) is 4.79 Å². The van der Waals surface area contributed by atoms with Gasteiger partial charge in [0.15, 0.2) is 6.10 Å². The molecule has 1 unspecified atom stereocenters. The molecule has 126 valence electrons. The van der Waals surface area contributed by atoms with E-state index in [1.165, 1.54) is 7.05 Å². The van der Waals surface area contributed by atoms with Crippen LogP contribution in [0.15, 0.2) is 30.5 Å². The predicted molar refractivity (Wildman–Crippen MR) is 80.9 cm³/mol. The molecule has 0 saturated carbocycles. The number of likely N-dealkylation sites (N-methyl/N-ethyl adjacent to an activating group) is 1. The number of aromatic amines is 1. The summed E-state index contributed by atoms with van der Waals surface area (Å²) in [6.07, 6.45) is -4.01. The zero-order chi connectivity index (χ0) is 17.0. The van der Waals surface area contributed by atoms with Gasteiger partial charge >= 0.3 is 6.18 Å². The number of amides is 1. The second kappa shape index (κ2) is 7.04. The maximum Gasteiger partial charge on any atom is 0.416 e. The maximum atomic E-state index is 12.3. The third kappa shape index (κ3) is 4.48. The molecule has 1 heterocycles. The van der Waals surface area contributed by atoms with Crippen LogP contribution in [0.3, 0.4) is 0 Å². The average Bonchev–Trinajstić information content (AvgIpc) is 2.89. The van der Waals surface area contributed by atoms with Gasteiger partial charge in [-0.05, 0) is 24.5 Å². The van der Waals surface area contributed by atoms with E-state index in [2.05, 4.69) is 4.98 Å². The van der Waals surface area contributed by atoms with E-state index in [4.69, 9.17) is 5.11 Å². The Labute approximate surface area is 131 Å². The van der Waals surface area contributed by atoms with E-state index in [0.717, 1.165) is 21.4 Å². The standard InChI is InChI=1S/C16H19F3N2O2/c1-21(10-14(22)16(17,18)19)15(23)8-4-5-11-9-20-13-7-3-2-6-12(11)13/h2-3,6-7,9,14,20,22H,4-5,8,10H2,1H3. The van der Waals surface area contributed by atoms with Gasteiger partial charge in [-0.25, -0.2) is 0 Å². The number of alkyl halides is 3. The smallest absolute Gasteiger partial charge is 0.382 e. The molecule has 2 N–H and O–H groups in total. The molecule has 0 aliphatic heterocycles. The Kier molecular flexibility index (Phi) is 5.30. The fraction of sp³-hybridized carbons (Fsp3) is 0.438. The number of nitrogens with zero attached hydrogens (tertiary/aromatic N) is 1. The van der Waals surface area contributed by atoms with Crippen molar-refractivity contribution in [3.63, 3.8) is 0 Å². The summed E-state index contributed by atoms with van der Waals surface area (Å²) in [5.41, 5.74) is 2.09. The number of fused-ring (bicyclic) bond motifs is 1. The van der Waals surface area contributed by atoms with Crippen LogP contribution in [0.4, 0.5) is 13.2 Å². The molecule has 2 rings (SSSR count). The lowest BCUT2D eigenvalue weighted by Crippen LogP contribution is -2.41. The monoisotopic (exact) mass is 328 g/mol. The van der Waals surface area contributed by atoms with Gasteiger partial charge in [-0.15, -0.1) is 0 Å². The number of benzene rings is 1. The molecule has 1 atom stereocenters. The van der Waals surface area contributed by atoms with Gasteiger partial charge in [0.25, 0.3) is 0 Å². The summed E-state index contributed by atoms with van der Waals surface area (Å²) in [7, 11) is 1.27. The zero-order valence-corrected chi connectivity index (χ0v) is 12.7. The molecule has 4 nitrogen and oxygen atoms in total. The Morgan fingerprint density at radius 2 is 2.04 bits per heavy atom. The highest BCUT2D eigenvalue weighted by Crippen LogP contribution is 2.21. The van der Waals surface area contributed by atoms with Crippen molar-refractivity contribution in [1.82, 2.24) is 9.88 Å². The first-order valence-corrected chi connectivity index (χ1v) is 7.33. The summed E-state index contributed by atoms with van der Waals surface area (Å²) >= 11 is 0. The number of aryl methyl sites for hydroxylation is 1. The van der Waals surface area contributed by atoms with Crippen LogP contribution < -0.4 is 0 Å². The minimum absolute atomic E-state index is 0.139. The summed E-state index contributed by atoms with van der Waals surface area (Å²) in [5, 5.41) is 10.1. The van der Waals surface area contributed by atoms with Crippen molar-refractivity contribution in [2.75, 3.05) is 13.6 Å². The second-order valence-electron chi connectivity index (χ2n) is 5.54. The Morgan fingerprint density at radius 1 is 1.35 bits per heavy atom. The van der Waals surface area contributed by atoms with Crippen molar-refractivity contribution >= 4 is 16.8 Å². The molecule has 0 fully saturated rings. The number of hydrogen-bond donors (Lipinski definition) is 2. The molecule has 7 heteroatoms. The van der Waals surface area contributed by atoms with E-state index in [9.17, 15) is 18.0 Å². The maximum absolute atomic E-state index is 12.3. The van der Waals surface area contributed by atoms with Gasteiger partial charge in [-0.1, -0.05) is 18.2 Å². The number of carbonyl (C=O) groups excluding carboxylic acids is 1. The zero-order valence-electron chi connectivity index (χ0n) is 12.7. The van der Waals surface area contributed by atoms with E-state index in [0.29, 0.717) is 12.8 Å². The number of aromatic nitrogens is 1. The van der Waals surface area contributed by atoms with Crippen LogP contribution in [0.1, 0.15) is 18.4 Å². The summed E-state index contributed by atoms with van der Waals surface area (Å²) in [6, 6.07) is 7.79. The second-order valence-corrected chi connectivity index (χ2v) is 5.54. The minimum Gasteiger partial charge on any atom is -0.382 e. The number of aliphatic hydroxyl groups is 1. The van der Waals surface area contributed by atoms with Crippen LogP contribution >= 0.6 is 0 Å². The third-order valence-electron chi connectivity index (χ3n) is 3.76. The normalized spacial score (nSPS) is 13.3. The number of nitrogens with one attached hydrogen (secondary N) is 1. The Morgan fingerprint density at radius 3 is 2.74 bits per heavy atom. The lowest BCUT2D eigenvalue weighted by molar-refractivity contribution is -0.207. The molecule has 0 bridgehead atoms. The predicted octanol–water partition coefficient (Wildman–Crippen LogP) is 2.87. The summed E-state index contributed by atoms with van der Waals surface area (Å²) in [4.78, 5) is 15.9. The number of carbonyl (C=O) groups is 1. The van der Waals surface area contributed by atoms with Crippen molar-refractivity contribution in [3.8, 4) is 0 Å². The fourth-order valence-electron chi connectivity index (χ4n) is 2.42. The molecule has 23 heavy (non-hydrogen) atoms. The van der Waals surface area contributed by atoms with Crippen molar-refractivity contribution in [2.24, 2.45) is 0 Å². The Bertz CT molecular complexity index is 667. The quantitative estimate of drug-likeness (QED) is 0.857. The number of aliphatic hydroxyl groups excluding tert-OH is 1. The minimum atomic E-state index is -4.71. The molecule has 1 aromatic heterocycles. The highest BCUT2D eigenvalue weighted by Gasteiger charge is 2.39. The molecular weight excluding hydrogens is 309 g/mol. The van der Waals surface area contributed by atoms with Crippen LogP contribution in [-0.4, -0.2) is 46.8 Å². The summed E-state index contributed by atoms with van der Waals surface area (Å²) < 4.78 is 36.8. The molecule has 2 aromatic rings. The topological polar surface area (TPSA) is 56.3 Å². The van der Waals surface area contributed by atoms with Gasteiger partial charge in [-0.2, -0.15) is 13.2 Å². The number of hydrogen-bond acceptors (Lipinski definition) is 2. The van der Waals surface area contributed by atoms with Crippen LogP contribution in [0.5, 0.6) is 0 Å². The lowest BCUT2D eigenvalue weighted by Gasteiger charge is -2.22. The van der Waals surface area contributed by atoms with Gasteiger partial charge < -0.3 is 15.0 Å². The van der Waals surface area contributed by atoms with Crippen molar-refractivity contribution in [3.05, 3.63) is 36.0 Å². The van der Waals surface area contributed by atoms with E-state index >= 15 is 0 Å². The summed E-state index contributed by atoms with van der Waals surface area (Å²) in [6.45, 7) is -0.741. The first kappa shape index (κ1) is 17.3. The SMILES string of the molecule is CN(CC(O)C(F)(F)F)C(=O)CCCc1c[nH]c2ccccc12. The van der Waals surface area contributed by atoms with E-state index in [1.807, 2.05) is 30.5 Å². The van der Waals surface area contributed by atoms with E-state index < -0.39 is 24.7 Å². The highest BCUT2D eigenvalue weighted by atomic mass is 19.4. The van der Waals surface area contributed by atoms with Crippen molar-refractivity contribution in [2.45, 2.75) is 31.5 Å². The molecular formula is C16H19F3N2O2. The van der Waals surface area contributed by atoms with Crippen LogP contribution in [-0.2, 0) is 11.2 Å². The van der Waals surface area contributed by atoms with E-state index in [1.54, 1.807) is 0 Å². The Balaban J connectivity index is 1.82. The van der Waals surface area contributed by atoms with Gasteiger partial charge in [0.1, 0.15) is 0 Å². The average molecular weight is 328 g/mol. The molecule has 0 saturated heterocycles. The van der Waals surface area contributed by atoms with E-state index in [-0.39, 0.29) is 6.42 Å². The fourth-order valence-corrected chi connectivity index (χ4v) is 2.42. The first-order chi connectivity index (χ1) is 10.8. The van der Waals surface area contributed by atoms with Crippen LogP contribution in [0, 0.1) is 0 Å². The Hall–Kier alpha value is -2.02. The van der Waals surface area contributed by atoms with Crippen molar-refractivity contribution in [1.29, 1.82) is 0 Å². The number of H-pyrrole nitrogens is 1. The van der Waals surface area contributed by atoms with Crippen LogP contribution in [0.25, 0.3) is 10.9 Å². The number of halogens is 3. The summed E-state index contributed by atoms with van der Waals surface area (Å²) in [5.74, 6) is -0.409. The van der Waals surface area contributed by atoms with Crippen LogP contribution in [0.2, 0.25) is 0 Å². The highest BCUT2D eigenvalue weighted by molar-refractivity contribution is 5.83. The largest absolute Gasteiger partial charge is 0.416 e. The molecule has 0 radical (unpaired) electrons. The molecule has 0 aliphatic carbocycles. The lowest BCUT2D eigenvalue weighted by atomic mass is 10.1. The molecule has 1 amide bonds. The number of rotatable bonds is 6. The van der Waals surface area contributed by atoms with Gasteiger partial charge in [0.2, 0.25) is 5.91 Å². The third-order valence-corrected chi connectivity index (χ3v) is 3.76. The van der Waals surface area contributed by atoms with Gasteiger partial charge in [0, 0.05) is 30.6 Å². The molecule has 0 aliphatic rings. The van der Waals surface area contributed by atoms with Crippen molar-refractivity contribution < 1.29 is 23.1 Å². The number of para-hydroxylation sites is 1. The van der Waals surface area contributed by atoms with Gasteiger partial charge in [0.05, 0.1) is 6.54 Å². The molecule has 1 aromatic carbocycles.